The van der Waals surface area contributed by atoms with Crippen molar-refractivity contribution in [2.75, 3.05) is 55.7 Å². The summed E-state index contributed by atoms with van der Waals surface area (Å²) in [7, 11) is 0. The molecule has 0 bridgehead atoms. The quantitative estimate of drug-likeness (QED) is 0.545. The summed E-state index contributed by atoms with van der Waals surface area (Å²) >= 11 is 4.51. The van der Waals surface area contributed by atoms with Crippen LogP contribution >= 0.6 is 12.6 Å². The average molecular weight is 426 g/mol. The van der Waals surface area contributed by atoms with Gasteiger partial charge in [-0.3, -0.25) is 0 Å². The van der Waals surface area contributed by atoms with Crippen molar-refractivity contribution in [2.24, 2.45) is 5.92 Å². The number of thiol groups is 1. The molecule has 4 rings (SSSR count). The molecule has 0 saturated carbocycles. The molecule has 1 aromatic heterocycles. The van der Waals surface area contributed by atoms with Gasteiger partial charge < -0.3 is 19.9 Å². The van der Waals surface area contributed by atoms with Crippen molar-refractivity contribution in [1.82, 2.24) is 15.3 Å². The van der Waals surface area contributed by atoms with Crippen molar-refractivity contribution in [1.29, 1.82) is 0 Å². The van der Waals surface area contributed by atoms with Crippen LogP contribution in [0.25, 0.3) is 10.9 Å². The van der Waals surface area contributed by atoms with Gasteiger partial charge in [-0.05, 0) is 50.0 Å². The van der Waals surface area contributed by atoms with Gasteiger partial charge >= 0.3 is 0 Å². The SMILES string of the molecule is C=C(C)/C=C(\S)NCC1CCCN(c2ncnc3cc(N4CCOCC4)ccc23)C1. The molecule has 0 amide bonds. The Morgan fingerprint density at radius 3 is 2.90 bits per heavy atom. The van der Waals surface area contributed by atoms with Gasteiger partial charge in [0.2, 0.25) is 0 Å². The summed E-state index contributed by atoms with van der Waals surface area (Å²) < 4.78 is 5.48. The largest absolute Gasteiger partial charge is 0.380 e. The molecule has 6 nitrogen and oxygen atoms in total. The molecule has 2 aliphatic rings. The van der Waals surface area contributed by atoms with E-state index in [0.29, 0.717) is 5.92 Å². The zero-order valence-electron chi connectivity index (χ0n) is 17.7. The molecule has 2 saturated heterocycles. The van der Waals surface area contributed by atoms with Crippen molar-refractivity contribution in [3.8, 4) is 0 Å². The van der Waals surface area contributed by atoms with E-state index >= 15 is 0 Å². The van der Waals surface area contributed by atoms with Crippen molar-refractivity contribution in [3.05, 3.63) is 47.8 Å². The van der Waals surface area contributed by atoms with Gasteiger partial charge in [-0.1, -0.05) is 12.2 Å². The molecule has 160 valence electrons. The number of allylic oxidation sites excluding steroid dienone is 2. The highest BCUT2D eigenvalue weighted by molar-refractivity contribution is 7.84. The number of anilines is 2. The highest BCUT2D eigenvalue weighted by Gasteiger charge is 2.23. The van der Waals surface area contributed by atoms with Gasteiger partial charge in [-0.25, -0.2) is 9.97 Å². The summed E-state index contributed by atoms with van der Waals surface area (Å²) in [6.07, 6.45) is 6.04. The summed E-state index contributed by atoms with van der Waals surface area (Å²) in [5, 5.41) is 5.43. The highest BCUT2D eigenvalue weighted by Crippen LogP contribution is 2.30. The Labute approximate surface area is 184 Å². The monoisotopic (exact) mass is 425 g/mol. The zero-order chi connectivity index (χ0) is 20.9. The Morgan fingerprint density at radius 2 is 2.10 bits per heavy atom. The fourth-order valence-electron chi connectivity index (χ4n) is 4.26. The standard InChI is InChI=1S/C23H31N5OS/c1-17(2)12-22(30)24-14-18-4-3-7-28(15-18)23-20-6-5-19(13-21(20)25-16-26-23)27-8-10-29-11-9-27/h5-6,12-13,16,18,24,30H,1,3-4,7-11,14-15H2,2H3/b22-12-. The van der Waals surface area contributed by atoms with E-state index in [1.54, 1.807) is 6.33 Å². The zero-order valence-corrected chi connectivity index (χ0v) is 18.6. The number of piperidine rings is 1. The summed E-state index contributed by atoms with van der Waals surface area (Å²) in [5.41, 5.74) is 3.22. The Balaban J connectivity index is 1.48. The highest BCUT2D eigenvalue weighted by atomic mass is 32.1. The second kappa shape index (κ2) is 9.71. The minimum absolute atomic E-state index is 0.553. The van der Waals surface area contributed by atoms with Crippen LogP contribution in [0.3, 0.4) is 0 Å². The number of rotatable bonds is 6. The van der Waals surface area contributed by atoms with Gasteiger partial charge in [0.25, 0.3) is 0 Å². The van der Waals surface area contributed by atoms with Crippen molar-refractivity contribution >= 4 is 35.0 Å². The second-order valence-corrected chi connectivity index (χ2v) is 8.69. The second-order valence-electron chi connectivity index (χ2n) is 8.21. The van der Waals surface area contributed by atoms with Crippen LogP contribution < -0.4 is 15.1 Å². The van der Waals surface area contributed by atoms with Crippen molar-refractivity contribution < 1.29 is 4.74 Å². The van der Waals surface area contributed by atoms with Crippen LogP contribution in [0, 0.1) is 5.92 Å². The minimum Gasteiger partial charge on any atom is -0.380 e. The summed E-state index contributed by atoms with van der Waals surface area (Å²) in [4.78, 5) is 14.0. The molecule has 1 aromatic carbocycles. The van der Waals surface area contributed by atoms with Gasteiger partial charge in [0.15, 0.2) is 0 Å². The molecule has 0 radical (unpaired) electrons. The first-order valence-electron chi connectivity index (χ1n) is 10.7. The first-order valence-corrected chi connectivity index (χ1v) is 11.2. The topological polar surface area (TPSA) is 53.5 Å². The van der Waals surface area contributed by atoms with E-state index in [1.165, 1.54) is 12.1 Å². The Morgan fingerprint density at radius 1 is 1.27 bits per heavy atom. The number of morpholine rings is 1. The van der Waals surface area contributed by atoms with Crippen LogP contribution in [0.2, 0.25) is 0 Å². The van der Waals surface area contributed by atoms with E-state index in [0.717, 1.165) is 79.7 Å². The maximum atomic E-state index is 5.48. The predicted molar refractivity (Wildman–Crippen MR) is 127 cm³/mol. The summed E-state index contributed by atoms with van der Waals surface area (Å²) in [6, 6.07) is 6.56. The fraction of sp³-hybridized carbons (Fsp3) is 0.478. The number of nitrogens with zero attached hydrogens (tertiary/aromatic N) is 4. The van der Waals surface area contributed by atoms with Crippen LogP contribution in [-0.4, -0.2) is 55.9 Å². The molecule has 2 fully saturated rings. The number of hydrogen-bond donors (Lipinski definition) is 2. The number of ether oxygens (including phenoxy) is 1. The fourth-order valence-corrected chi connectivity index (χ4v) is 4.57. The normalized spacial score (nSPS) is 20.5. The summed E-state index contributed by atoms with van der Waals surface area (Å²) in [6.45, 7) is 12.2. The first kappa shape index (κ1) is 21.0. The molecule has 1 N–H and O–H groups in total. The van der Waals surface area contributed by atoms with E-state index in [1.807, 2.05) is 13.0 Å². The molecule has 7 heteroatoms. The molecule has 1 atom stereocenters. The van der Waals surface area contributed by atoms with Crippen molar-refractivity contribution in [2.45, 2.75) is 19.8 Å². The lowest BCUT2D eigenvalue weighted by molar-refractivity contribution is 0.122. The smallest absolute Gasteiger partial charge is 0.139 e. The molecular weight excluding hydrogens is 394 g/mol. The Hall–Kier alpha value is -2.25. The van der Waals surface area contributed by atoms with Crippen LogP contribution in [0.15, 0.2) is 47.8 Å². The van der Waals surface area contributed by atoms with Gasteiger partial charge in [0, 0.05) is 43.8 Å². The van der Waals surface area contributed by atoms with Crippen LogP contribution in [0.1, 0.15) is 19.8 Å². The molecule has 0 spiro atoms. The molecule has 0 aliphatic carbocycles. The third-order valence-electron chi connectivity index (χ3n) is 5.75. The maximum Gasteiger partial charge on any atom is 0.139 e. The predicted octanol–water partition coefficient (Wildman–Crippen LogP) is 3.62. The van der Waals surface area contributed by atoms with Crippen LogP contribution in [0.5, 0.6) is 0 Å². The number of hydrogen-bond acceptors (Lipinski definition) is 7. The third-order valence-corrected chi connectivity index (χ3v) is 6.04. The molecule has 3 heterocycles. The Bertz CT molecular complexity index is 925. The molecule has 2 aliphatic heterocycles. The lowest BCUT2D eigenvalue weighted by Crippen LogP contribution is -2.39. The number of nitrogens with one attached hydrogen (secondary N) is 1. The van der Waals surface area contributed by atoms with Gasteiger partial charge in [0.05, 0.1) is 23.8 Å². The molecule has 30 heavy (non-hydrogen) atoms. The maximum absolute atomic E-state index is 5.48. The van der Waals surface area contributed by atoms with Crippen LogP contribution in [0.4, 0.5) is 11.5 Å². The van der Waals surface area contributed by atoms with Crippen molar-refractivity contribution in [3.63, 3.8) is 0 Å². The van der Waals surface area contributed by atoms with Crippen LogP contribution in [-0.2, 0) is 4.74 Å². The number of aromatic nitrogens is 2. The van der Waals surface area contributed by atoms with E-state index < -0.39 is 0 Å². The lowest BCUT2D eigenvalue weighted by atomic mass is 9.97. The summed E-state index contributed by atoms with van der Waals surface area (Å²) in [5.74, 6) is 1.60. The number of benzene rings is 1. The van der Waals surface area contributed by atoms with E-state index in [2.05, 4.69) is 62.5 Å². The third kappa shape index (κ3) is 5.08. The number of fused-ring (bicyclic) bond motifs is 1. The average Bonchev–Trinajstić information content (AvgIpc) is 2.77. The van der Waals surface area contributed by atoms with Gasteiger partial charge in [-0.15, -0.1) is 12.6 Å². The molecular formula is C23H31N5OS. The van der Waals surface area contributed by atoms with E-state index in [9.17, 15) is 0 Å². The van der Waals surface area contributed by atoms with Gasteiger partial charge in [0.1, 0.15) is 12.1 Å². The van der Waals surface area contributed by atoms with E-state index in [4.69, 9.17) is 4.74 Å². The van der Waals surface area contributed by atoms with E-state index in [-0.39, 0.29) is 0 Å². The molecule has 1 unspecified atom stereocenters. The Kier molecular flexibility index (Phi) is 6.79. The van der Waals surface area contributed by atoms with Gasteiger partial charge in [-0.2, -0.15) is 0 Å². The molecule has 2 aromatic rings. The first-order chi connectivity index (χ1) is 14.6. The minimum atomic E-state index is 0.553. The lowest BCUT2D eigenvalue weighted by Gasteiger charge is -2.34.